The summed E-state index contributed by atoms with van der Waals surface area (Å²) < 4.78 is 0.846. The maximum Gasteiger partial charge on any atom is 0.238 e. The summed E-state index contributed by atoms with van der Waals surface area (Å²) in [4.78, 5) is 43.4. The average molecular weight is 485 g/mol. The molecule has 1 N–H and O–H groups in total. The lowest BCUT2D eigenvalue weighted by Crippen LogP contribution is -2.52. The lowest BCUT2D eigenvalue weighted by atomic mass is 10.1. The van der Waals surface area contributed by atoms with Crippen LogP contribution in [-0.4, -0.2) is 66.8 Å². The fraction of sp³-hybridized carbons (Fsp3) is 0.348. The molecule has 2 aliphatic rings. The number of piperazine rings is 1. The molecule has 0 bridgehead atoms. The van der Waals surface area contributed by atoms with Gasteiger partial charge in [-0.15, -0.1) is 0 Å². The highest BCUT2D eigenvalue weighted by Gasteiger charge is 2.38. The Hall–Kier alpha value is -2.71. The number of carbonyl (C=O) groups excluding carboxylic acids is 3. The summed E-state index contributed by atoms with van der Waals surface area (Å²) in [5, 5.41) is 2.89. The average Bonchev–Trinajstić information content (AvgIpc) is 3.16. The van der Waals surface area contributed by atoms with Gasteiger partial charge in [0.2, 0.25) is 17.7 Å². The molecule has 1 unspecified atom stereocenters. The van der Waals surface area contributed by atoms with E-state index in [1.54, 1.807) is 4.90 Å². The molecular weight excluding hydrogens is 460 g/mol. The maximum atomic E-state index is 13.0. The standard InChI is InChI=1S/C23H25BrN4O3/c24-19-8-4-5-9-20(19)28-15-17(14-22(28)30)23(31)27-12-10-26(11-13-27)16-21(29)25-18-6-2-1-3-7-18/h1-9,17H,10-16H2,(H,25,29). The molecule has 2 fully saturated rings. The molecule has 1 atom stereocenters. The van der Waals surface area contributed by atoms with Gasteiger partial charge in [0.25, 0.3) is 0 Å². The number of anilines is 2. The van der Waals surface area contributed by atoms with Crippen LogP contribution in [0.15, 0.2) is 59.1 Å². The topological polar surface area (TPSA) is 73.0 Å². The molecule has 0 saturated carbocycles. The van der Waals surface area contributed by atoms with Crippen LogP contribution in [0, 0.1) is 5.92 Å². The van der Waals surface area contributed by atoms with Crippen LogP contribution in [0.25, 0.3) is 0 Å². The number of carbonyl (C=O) groups is 3. The number of benzene rings is 2. The van der Waals surface area contributed by atoms with Gasteiger partial charge in [-0.25, -0.2) is 0 Å². The van der Waals surface area contributed by atoms with Crippen LogP contribution in [-0.2, 0) is 14.4 Å². The molecule has 2 saturated heterocycles. The molecule has 162 valence electrons. The second-order valence-electron chi connectivity index (χ2n) is 7.87. The van der Waals surface area contributed by atoms with Crippen LogP contribution in [0.1, 0.15) is 6.42 Å². The number of nitrogens with one attached hydrogen (secondary N) is 1. The van der Waals surface area contributed by atoms with Crippen LogP contribution in [0.3, 0.4) is 0 Å². The number of amides is 3. The highest BCUT2D eigenvalue weighted by atomic mass is 79.9. The first-order chi connectivity index (χ1) is 15.0. The smallest absolute Gasteiger partial charge is 0.238 e. The van der Waals surface area contributed by atoms with Gasteiger partial charge < -0.3 is 15.1 Å². The van der Waals surface area contributed by atoms with E-state index in [9.17, 15) is 14.4 Å². The monoisotopic (exact) mass is 484 g/mol. The van der Waals surface area contributed by atoms with Gasteiger partial charge in [0.15, 0.2) is 0 Å². The van der Waals surface area contributed by atoms with Gasteiger partial charge in [0.1, 0.15) is 0 Å². The van der Waals surface area contributed by atoms with Crippen molar-refractivity contribution in [3.8, 4) is 0 Å². The van der Waals surface area contributed by atoms with Crippen LogP contribution in [0.5, 0.6) is 0 Å². The third kappa shape index (κ3) is 5.14. The summed E-state index contributed by atoms with van der Waals surface area (Å²) in [7, 11) is 0. The van der Waals surface area contributed by atoms with E-state index in [0.29, 0.717) is 39.3 Å². The number of para-hydroxylation sites is 2. The Morgan fingerprint density at radius 1 is 0.968 bits per heavy atom. The number of halogens is 1. The SMILES string of the molecule is O=C(CN1CCN(C(=O)C2CC(=O)N(c3ccccc3Br)C2)CC1)Nc1ccccc1. The van der Waals surface area contributed by atoms with E-state index in [1.165, 1.54) is 0 Å². The van der Waals surface area contributed by atoms with Crippen LogP contribution in [0.4, 0.5) is 11.4 Å². The van der Waals surface area contributed by atoms with Crippen molar-refractivity contribution in [2.75, 3.05) is 49.5 Å². The van der Waals surface area contributed by atoms with Crippen molar-refractivity contribution in [3.63, 3.8) is 0 Å². The molecule has 0 aromatic heterocycles. The summed E-state index contributed by atoms with van der Waals surface area (Å²) in [6, 6.07) is 16.9. The Bertz CT molecular complexity index is 960. The molecule has 0 aliphatic carbocycles. The quantitative estimate of drug-likeness (QED) is 0.707. The van der Waals surface area contributed by atoms with Crippen molar-refractivity contribution < 1.29 is 14.4 Å². The predicted molar refractivity (Wildman–Crippen MR) is 123 cm³/mol. The van der Waals surface area contributed by atoms with Gasteiger partial charge in [-0.1, -0.05) is 30.3 Å². The van der Waals surface area contributed by atoms with E-state index in [0.717, 1.165) is 15.8 Å². The number of rotatable bonds is 5. The fourth-order valence-electron chi connectivity index (χ4n) is 4.09. The van der Waals surface area contributed by atoms with Crippen molar-refractivity contribution in [2.24, 2.45) is 5.92 Å². The molecule has 4 rings (SSSR count). The number of hydrogen-bond donors (Lipinski definition) is 1. The highest BCUT2D eigenvalue weighted by Crippen LogP contribution is 2.32. The van der Waals surface area contributed by atoms with Gasteiger partial charge in [0.05, 0.1) is 18.2 Å². The van der Waals surface area contributed by atoms with E-state index in [-0.39, 0.29) is 30.1 Å². The van der Waals surface area contributed by atoms with Crippen molar-refractivity contribution in [1.82, 2.24) is 9.80 Å². The van der Waals surface area contributed by atoms with Gasteiger partial charge in [-0.2, -0.15) is 0 Å². The third-order valence-electron chi connectivity index (χ3n) is 5.73. The zero-order valence-corrected chi connectivity index (χ0v) is 18.8. The van der Waals surface area contributed by atoms with Gasteiger partial charge >= 0.3 is 0 Å². The zero-order chi connectivity index (χ0) is 21.8. The summed E-state index contributed by atoms with van der Waals surface area (Å²) >= 11 is 3.49. The first-order valence-electron chi connectivity index (χ1n) is 10.4. The van der Waals surface area contributed by atoms with Crippen molar-refractivity contribution >= 4 is 45.0 Å². The number of hydrogen-bond acceptors (Lipinski definition) is 4. The van der Waals surface area contributed by atoms with E-state index in [1.807, 2.05) is 59.5 Å². The van der Waals surface area contributed by atoms with Crippen LogP contribution >= 0.6 is 15.9 Å². The highest BCUT2D eigenvalue weighted by molar-refractivity contribution is 9.10. The first kappa shape index (κ1) is 21.5. The molecular formula is C23H25BrN4O3. The molecule has 0 spiro atoms. The minimum atomic E-state index is -0.326. The van der Waals surface area contributed by atoms with Crippen molar-refractivity contribution in [1.29, 1.82) is 0 Å². The molecule has 2 heterocycles. The zero-order valence-electron chi connectivity index (χ0n) is 17.2. The molecule has 2 aromatic carbocycles. The predicted octanol–water partition coefficient (Wildman–Crippen LogP) is 2.58. The van der Waals surface area contributed by atoms with Crippen molar-refractivity contribution in [2.45, 2.75) is 6.42 Å². The van der Waals surface area contributed by atoms with Gasteiger partial charge in [-0.05, 0) is 40.2 Å². The molecule has 8 heteroatoms. The van der Waals surface area contributed by atoms with E-state index in [4.69, 9.17) is 0 Å². The number of nitrogens with zero attached hydrogens (tertiary/aromatic N) is 3. The molecule has 2 aliphatic heterocycles. The summed E-state index contributed by atoms with van der Waals surface area (Å²) in [5.41, 5.74) is 1.58. The molecule has 7 nitrogen and oxygen atoms in total. The summed E-state index contributed by atoms with van der Waals surface area (Å²) in [6.07, 6.45) is 0.236. The molecule has 0 radical (unpaired) electrons. The second-order valence-corrected chi connectivity index (χ2v) is 8.73. The lowest BCUT2D eigenvalue weighted by Gasteiger charge is -2.35. The molecule has 31 heavy (non-hydrogen) atoms. The Kier molecular flexibility index (Phi) is 6.67. The first-order valence-corrected chi connectivity index (χ1v) is 11.2. The Morgan fingerprint density at radius 2 is 1.65 bits per heavy atom. The van der Waals surface area contributed by atoms with Crippen LogP contribution in [0.2, 0.25) is 0 Å². The van der Waals surface area contributed by atoms with Crippen molar-refractivity contribution in [3.05, 3.63) is 59.1 Å². The van der Waals surface area contributed by atoms with E-state index >= 15 is 0 Å². The van der Waals surface area contributed by atoms with E-state index < -0.39 is 0 Å². The molecule has 3 amide bonds. The minimum Gasteiger partial charge on any atom is -0.340 e. The summed E-state index contributed by atoms with van der Waals surface area (Å²) in [6.45, 7) is 3.12. The second kappa shape index (κ2) is 9.62. The Balaban J connectivity index is 1.27. The van der Waals surface area contributed by atoms with E-state index in [2.05, 4.69) is 26.1 Å². The normalized spacial score (nSPS) is 19.5. The minimum absolute atomic E-state index is 0.0243. The largest absolute Gasteiger partial charge is 0.340 e. The maximum absolute atomic E-state index is 13.0. The lowest BCUT2D eigenvalue weighted by molar-refractivity contribution is -0.137. The molecule has 2 aromatic rings. The van der Waals surface area contributed by atoms with Gasteiger partial charge in [-0.3, -0.25) is 19.3 Å². The Labute approximate surface area is 190 Å². The Morgan fingerprint density at radius 3 is 2.35 bits per heavy atom. The fourth-order valence-corrected chi connectivity index (χ4v) is 4.58. The van der Waals surface area contributed by atoms with Crippen LogP contribution < -0.4 is 10.2 Å². The van der Waals surface area contributed by atoms with Gasteiger partial charge in [0, 0.05) is 49.3 Å². The summed E-state index contributed by atoms with van der Waals surface area (Å²) in [5.74, 6) is -0.387. The third-order valence-corrected chi connectivity index (χ3v) is 6.40.